The lowest BCUT2D eigenvalue weighted by Crippen LogP contribution is -2.50. The van der Waals surface area contributed by atoms with E-state index in [1.807, 2.05) is 6.07 Å². The van der Waals surface area contributed by atoms with E-state index in [2.05, 4.69) is 22.5 Å². The molecule has 1 saturated heterocycles. The highest BCUT2D eigenvalue weighted by molar-refractivity contribution is 14.0. The third-order valence-electron chi connectivity index (χ3n) is 3.16. The van der Waals surface area contributed by atoms with Crippen LogP contribution in [0.1, 0.15) is 12.5 Å². The molecule has 0 unspecified atom stereocenters. The number of nitrogens with zero attached hydrogens (tertiary/aromatic N) is 1. The number of hydrogen-bond donors (Lipinski definition) is 2. The molecule has 0 atom stereocenters. The minimum atomic E-state index is -0.221. The fraction of sp³-hybridized carbons (Fsp3) is 0.500. The molecule has 2 N–H and O–H groups in total. The number of aliphatic imine (C=N–C) groups is 1. The lowest BCUT2D eigenvalue weighted by atomic mass is 9.89. The Morgan fingerprint density at radius 3 is 2.70 bits per heavy atom. The van der Waals surface area contributed by atoms with Gasteiger partial charge in [0.15, 0.2) is 5.96 Å². The average molecular weight is 393 g/mol. The summed E-state index contributed by atoms with van der Waals surface area (Å²) in [6.07, 6.45) is 0. The number of nitrogens with one attached hydrogen (secondary N) is 2. The smallest absolute Gasteiger partial charge is 0.191 e. The second kappa shape index (κ2) is 7.78. The first kappa shape index (κ1) is 17.2. The molecular weight excluding hydrogens is 372 g/mol. The summed E-state index contributed by atoms with van der Waals surface area (Å²) in [5.41, 5.74) is 1.08. The third kappa shape index (κ3) is 4.90. The molecule has 0 spiro atoms. The predicted molar refractivity (Wildman–Crippen MR) is 88.9 cm³/mol. The van der Waals surface area contributed by atoms with Gasteiger partial charge in [-0.1, -0.05) is 19.1 Å². The van der Waals surface area contributed by atoms with Gasteiger partial charge in [-0.3, -0.25) is 4.99 Å². The van der Waals surface area contributed by atoms with Crippen LogP contribution in [0.25, 0.3) is 0 Å². The van der Waals surface area contributed by atoms with Crippen LogP contribution >= 0.6 is 24.0 Å². The number of halogens is 2. The summed E-state index contributed by atoms with van der Waals surface area (Å²) < 4.78 is 18.2. The monoisotopic (exact) mass is 393 g/mol. The first-order chi connectivity index (χ1) is 9.11. The first-order valence-corrected chi connectivity index (χ1v) is 6.38. The van der Waals surface area contributed by atoms with Gasteiger partial charge in [-0.25, -0.2) is 4.39 Å². The highest BCUT2D eigenvalue weighted by atomic mass is 127. The Kier molecular flexibility index (Phi) is 6.67. The molecule has 4 nitrogen and oxygen atoms in total. The number of hydrogen-bond acceptors (Lipinski definition) is 2. The molecule has 20 heavy (non-hydrogen) atoms. The SMILES string of the molecule is CN=C(NCc1cccc(F)c1)NCC1(C)COC1.I. The summed E-state index contributed by atoms with van der Waals surface area (Å²) in [5, 5.41) is 6.43. The van der Waals surface area contributed by atoms with Crippen molar-refractivity contribution >= 4 is 29.9 Å². The summed E-state index contributed by atoms with van der Waals surface area (Å²) >= 11 is 0. The zero-order valence-corrected chi connectivity index (χ0v) is 14.1. The van der Waals surface area contributed by atoms with E-state index in [-0.39, 0.29) is 35.2 Å². The van der Waals surface area contributed by atoms with Crippen molar-refractivity contribution in [1.82, 2.24) is 10.6 Å². The largest absolute Gasteiger partial charge is 0.380 e. The highest BCUT2D eigenvalue weighted by Gasteiger charge is 2.33. The normalized spacial score (nSPS) is 16.9. The summed E-state index contributed by atoms with van der Waals surface area (Å²) in [7, 11) is 1.72. The zero-order chi connectivity index (χ0) is 13.7. The van der Waals surface area contributed by atoms with Crippen molar-refractivity contribution in [2.24, 2.45) is 10.4 Å². The minimum Gasteiger partial charge on any atom is -0.380 e. The molecule has 1 aromatic rings. The van der Waals surface area contributed by atoms with Crippen LogP contribution in [0, 0.1) is 11.2 Å². The molecule has 0 saturated carbocycles. The van der Waals surface area contributed by atoms with Crippen LogP contribution in [-0.2, 0) is 11.3 Å². The molecule has 112 valence electrons. The van der Waals surface area contributed by atoms with Crippen LogP contribution in [0.4, 0.5) is 4.39 Å². The Morgan fingerprint density at radius 1 is 1.40 bits per heavy atom. The third-order valence-corrected chi connectivity index (χ3v) is 3.16. The quantitative estimate of drug-likeness (QED) is 0.468. The molecule has 1 fully saturated rings. The molecular formula is C14H21FIN3O. The summed E-state index contributed by atoms with van der Waals surface area (Å²) in [6.45, 7) is 5.09. The molecule has 1 aromatic carbocycles. The van der Waals surface area contributed by atoms with Crippen LogP contribution in [0.2, 0.25) is 0 Å². The van der Waals surface area contributed by atoms with E-state index < -0.39 is 0 Å². The van der Waals surface area contributed by atoms with Crippen molar-refractivity contribution in [3.63, 3.8) is 0 Å². The van der Waals surface area contributed by atoms with E-state index in [0.717, 1.165) is 31.3 Å². The van der Waals surface area contributed by atoms with Gasteiger partial charge in [0.05, 0.1) is 13.2 Å². The van der Waals surface area contributed by atoms with Gasteiger partial charge in [-0.15, -0.1) is 24.0 Å². The van der Waals surface area contributed by atoms with Gasteiger partial charge in [-0.05, 0) is 17.7 Å². The van der Waals surface area contributed by atoms with Crippen molar-refractivity contribution in [2.45, 2.75) is 13.5 Å². The Hall–Kier alpha value is -0.890. The second-order valence-corrected chi connectivity index (χ2v) is 5.21. The number of guanidine groups is 1. The van der Waals surface area contributed by atoms with Crippen LogP contribution in [0.3, 0.4) is 0 Å². The molecule has 0 aromatic heterocycles. The zero-order valence-electron chi connectivity index (χ0n) is 11.8. The van der Waals surface area contributed by atoms with Gasteiger partial charge in [0, 0.05) is 25.6 Å². The predicted octanol–water partition coefficient (Wildman–Crippen LogP) is 2.15. The van der Waals surface area contributed by atoms with E-state index in [0.29, 0.717) is 6.54 Å². The van der Waals surface area contributed by atoms with E-state index in [4.69, 9.17) is 4.74 Å². The topological polar surface area (TPSA) is 45.7 Å². The van der Waals surface area contributed by atoms with E-state index in [9.17, 15) is 4.39 Å². The standard InChI is InChI=1S/C14H20FN3O.HI/c1-14(9-19-10-14)8-18-13(16-2)17-7-11-4-3-5-12(15)6-11;/h3-6H,7-10H2,1-2H3,(H2,16,17,18);1H. The molecule has 0 amide bonds. The van der Waals surface area contributed by atoms with Crippen LogP contribution in [0.5, 0.6) is 0 Å². The fourth-order valence-corrected chi connectivity index (χ4v) is 1.90. The van der Waals surface area contributed by atoms with Crippen LogP contribution < -0.4 is 10.6 Å². The van der Waals surface area contributed by atoms with E-state index in [1.165, 1.54) is 12.1 Å². The summed E-state index contributed by atoms with van der Waals surface area (Å²) in [6, 6.07) is 6.54. The Bertz CT molecular complexity index is 463. The average Bonchev–Trinajstić information content (AvgIpc) is 2.37. The van der Waals surface area contributed by atoms with Gasteiger partial charge in [0.25, 0.3) is 0 Å². The van der Waals surface area contributed by atoms with Gasteiger partial charge < -0.3 is 15.4 Å². The van der Waals surface area contributed by atoms with Crippen LogP contribution in [-0.4, -0.2) is 32.8 Å². The Balaban J connectivity index is 0.00000200. The number of benzene rings is 1. The van der Waals surface area contributed by atoms with E-state index >= 15 is 0 Å². The van der Waals surface area contributed by atoms with Crippen molar-refractivity contribution in [1.29, 1.82) is 0 Å². The van der Waals surface area contributed by atoms with Crippen LogP contribution in [0.15, 0.2) is 29.3 Å². The number of ether oxygens (including phenoxy) is 1. The Morgan fingerprint density at radius 2 is 2.15 bits per heavy atom. The second-order valence-electron chi connectivity index (χ2n) is 5.21. The molecule has 1 aliphatic rings. The van der Waals surface area contributed by atoms with Gasteiger partial charge in [-0.2, -0.15) is 0 Å². The fourth-order valence-electron chi connectivity index (χ4n) is 1.90. The minimum absolute atomic E-state index is 0. The molecule has 0 bridgehead atoms. The molecule has 0 aliphatic carbocycles. The summed E-state index contributed by atoms with van der Waals surface area (Å²) in [4.78, 5) is 4.15. The Labute approximate surface area is 136 Å². The first-order valence-electron chi connectivity index (χ1n) is 6.38. The molecule has 2 rings (SSSR count). The highest BCUT2D eigenvalue weighted by Crippen LogP contribution is 2.24. The van der Waals surface area contributed by atoms with Crippen molar-refractivity contribution in [3.05, 3.63) is 35.6 Å². The lowest BCUT2D eigenvalue weighted by molar-refractivity contribution is -0.0971. The summed E-state index contributed by atoms with van der Waals surface area (Å²) in [5.74, 6) is 0.499. The maximum Gasteiger partial charge on any atom is 0.191 e. The van der Waals surface area contributed by atoms with Gasteiger partial charge in [0.2, 0.25) is 0 Å². The van der Waals surface area contributed by atoms with Crippen molar-refractivity contribution in [3.8, 4) is 0 Å². The maximum absolute atomic E-state index is 13.0. The van der Waals surface area contributed by atoms with Crippen molar-refractivity contribution in [2.75, 3.05) is 26.8 Å². The molecule has 0 radical (unpaired) electrons. The molecule has 1 aliphatic heterocycles. The maximum atomic E-state index is 13.0. The number of rotatable bonds is 4. The molecule has 1 heterocycles. The van der Waals surface area contributed by atoms with E-state index in [1.54, 1.807) is 13.1 Å². The van der Waals surface area contributed by atoms with Crippen molar-refractivity contribution < 1.29 is 9.13 Å². The molecule has 6 heteroatoms. The van der Waals surface area contributed by atoms with Gasteiger partial charge >= 0.3 is 0 Å². The van der Waals surface area contributed by atoms with Gasteiger partial charge in [0.1, 0.15) is 5.82 Å². The lowest BCUT2D eigenvalue weighted by Gasteiger charge is -2.38.